The highest BCUT2D eigenvalue weighted by molar-refractivity contribution is 8.13. The number of benzene rings is 1. The van der Waals surface area contributed by atoms with Gasteiger partial charge in [-0.05, 0) is 24.3 Å². The lowest BCUT2D eigenvalue weighted by Crippen LogP contribution is -1.89. The predicted molar refractivity (Wildman–Crippen MR) is 61.3 cm³/mol. The van der Waals surface area contributed by atoms with Crippen molar-refractivity contribution in [3.8, 4) is 0 Å². The number of H-pyrrole nitrogens is 1. The maximum Gasteiger partial charge on any atom is 0.261 e. The van der Waals surface area contributed by atoms with Crippen LogP contribution in [-0.2, 0) is 9.05 Å². The minimum absolute atomic E-state index is 0.0239. The van der Waals surface area contributed by atoms with Gasteiger partial charge in [0.2, 0.25) is 0 Å². The molecule has 0 aliphatic carbocycles. The van der Waals surface area contributed by atoms with E-state index < -0.39 is 9.05 Å². The van der Waals surface area contributed by atoms with Crippen LogP contribution in [0.5, 0.6) is 0 Å². The van der Waals surface area contributed by atoms with E-state index in [0.717, 1.165) is 0 Å². The molecule has 84 valence electrons. The number of halogens is 1. The molecule has 0 fully saturated rings. The Bertz CT molecular complexity index is 672. The van der Waals surface area contributed by atoms with Crippen molar-refractivity contribution in [2.24, 2.45) is 0 Å². The van der Waals surface area contributed by atoms with E-state index in [2.05, 4.69) is 4.98 Å². The summed E-state index contributed by atoms with van der Waals surface area (Å²) in [4.78, 5) is 14.0. The van der Waals surface area contributed by atoms with Gasteiger partial charge in [-0.3, -0.25) is 4.79 Å². The van der Waals surface area contributed by atoms with E-state index in [-0.39, 0.29) is 10.7 Å². The van der Waals surface area contributed by atoms with Crippen molar-refractivity contribution in [3.63, 3.8) is 0 Å². The Hall–Kier alpha value is -1.33. The molecule has 1 heterocycles. The maximum absolute atomic E-state index is 11.1. The van der Waals surface area contributed by atoms with Gasteiger partial charge in [-0.15, -0.1) is 0 Å². The number of nitrogens with one attached hydrogen (secondary N) is 1. The van der Waals surface area contributed by atoms with Crippen molar-refractivity contribution < 1.29 is 13.2 Å². The van der Waals surface area contributed by atoms with Gasteiger partial charge in [0.25, 0.3) is 9.05 Å². The van der Waals surface area contributed by atoms with Gasteiger partial charge < -0.3 is 4.98 Å². The number of fused-ring (bicyclic) bond motifs is 1. The largest absolute Gasteiger partial charge is 0.352 e. The predicted octanol–water partition coefficient (Wildman–Crippen LogP) is 2.30. The van der Waals surface area contributed by atoms with Gasteiger partial charge in [0.05, 0.1) is 10.6 Å². The van der Waals surface area contributed by atoms with Crippen molar-refractivity contribution in [1.82, 2.24) is 4.98 Å². The second-order valence-corrected chi connectivity index (χ2v) is 5.99. The summed E-state index contributed by atoms with van der Waals surface area (Å²) in [5.41, 5.74) is 1.15. The molecule has 0 bridgehead atoms. The third kappa shape index (κ3) is 1.96. The fourth-order valence-corrected chi connectivity index (χ4v) is 2.24. The fourth-order valence-electron chi connectivity index (χ4n) is 1.45. The van der Waals surface area contributed by atoms with Gasteiger partial charge in [-0.2, -0.15) is 0 Å². The van der Waals surface area contributed by atoms with Gasteiger partial charge in [0.1, 0.15) is 0 Å². The molecule has 0 spiro atoms. The van der Waals surface area contributed by atoms with Crippen LogP contribution in [0.15, 0.2) is 29.2 Å². The van der Waals surface area contributed by atoms with Gasteiger partial charge in [0.15, 0.2) is 5.78 Å². The van der Waals surface area contributed by atoms with Gasteiger partial charge >= 0.3 is 0 Å². The lowest BCUT2D eigenvalue weighted by atomic mass is 10.2. The first-order valence-electron chi connectivity index (χ1n) is 4.46. The summed E-state index contributed by atoms with van der Waals surface area (Å²) >= 11 is 0. The van der Waals surface area contributed by atoms with Crippen molar-refractivity contribution in [2.75, 3.05) is 0 Å². The fraction of sp³-hybridized carbons (Fsp3) is 0.100. The van der Waals surface area contributed by atoms with Gasteiger partial charge in [-0.1, -0.05) is 0 Å². The second kappa shape index (κ2) is 3.61. The molecule has 1 aromatic heterocycles. The number of carbonyl (C=O) groups is 1. The van der Waals surface area contributed by atoms with Gasteiger partial charge in [-0.25, -0.2) is 8.42 Å². The second-order valence-electron chi connectivity index (χ2n) is 3.43. The van der Waals surface area contributed by atoms with Crippen molar-refractivity contribution in [1.29, 1.82) is 0 Å². The normalized spacial score (nSPS) is 11.9. The zero-order valence-electron chi connectivity index (χ0n) is 8.32. The minimum atomic E-state index is -3.73. The number of ketones is 1. The minimum Gasteiger partial charge on any atom is -0.352 e. The highest BCUT2D eigenvalue weighted by Crippen LogP contribution is 2.22. The molecule has 6 heteroatoms. The van der Waals surface area contributed by atoms with Crippen LogP contribution in [0.25, 0.3) is 10.9 Å². The Kier molecular flexibility index (Phi) is 2.52. The van der Waals surface area contributed by atoms with Crippen LogP contribution < -0.4 is 0 Å². The Morgan fingerprint density at radius 2 is 2.00 bits per heavy atom. The van der Waals surface area contributed by atoms with Crippen LogP contribution >= 0.6 is 10.7 Å². The average Bonchev–Trinajstić information content (AvgIpc) is 2.58. The van der Waals surface area contributed by atoms with Crippen LogP contribution in [-0.4, -0.2) is 19.2 Å². The summed E-state index contributed by atoms with van der Waals surface area (Å²) in [7, 11) is 1.49. The van der Waals surface area contributed by atoms with Crippen LogP contribution in [0.1, 0.15) is 17.4 Å². The molecule has 0 atom stereocenters. The van der Waals surface area contributed by atoms with Crippen molar-refractivity contribution in [3.05, 3.63) is 30.0 Å². The highest BCUT2D eigenvalue weighted by Gasteiger charge is 2.12. The smallest absolute Gasteiger partial charge is 0.261 e. The lowest BCUT2D eigenvalue weighted by molar-refractivity contribution is 0.101. The van der Waals surface area contributed by atoms with E-state index in [1.54, 1.807) is 12.1 Å². The molecular weight excluding hydrogens is 250 g/mol. The van der Waals surface area contributed by atoms with Crippen LogP contribution in [0.2, 0.25) is 0 Å². The van der Waals surface area contributed by atoms with Crippen LogP contribution in [0, 0.1) is 0 Å². The summed E-state index contributed by atoms with van der Waals surface area (Å²) in [6.45, 7) is 1.43. The number of aromatic nitrogens is 1. The molecular formula is C10H8ClNO3S. The van der Waals surface area contributed by atoms with E-state index in [0.29, 0.717) is 16.6 Å². The number of aromatic amines is 1. The molecule has 1 N–H and O–H groups in total. The number of hydrogen-bond acceptors (Lipinski definition) is 3. The maximum atomic E-state index is 11.1. The molecule has 2 rings (SSSR count). The monoisotopic (exact) mass is 257 g/mol. The molecule has 4 nitrogen and oxygen atoms in total. The van der Waals surface area contributed by atoms with Crippen LogP contribution in [0.3, 0.4) is 0 Å². The molecule has 1 aromatic carbocycles. The molecule has 0 aliphatic heterocycles. The Morgan fingerprint density at radius 1 is 1.31 bits per heavy atom. The van der Waals surface area contributed by atoms with E-state index in [9.17, 15) is 13.2 Å². The summed E-state index contributed by atoms with van der Waals surface area (Å²) < 4.78 is 22.2. The molecule has 0 aliphatic rings. The molecule has 2 aromatic rings. The summed E-state index contributed by atoms with van der Waals surface area (Å²) in [6.07, 6.45) is 0. The zero-order chi connectivity index (χ0) is 11.9. The first kappa shape index (κ1) is 11.2. The number of Topliss-reactive ketones (excluding diaryl/α,β-unsaturated/α-hetero) is 1. The molecule has 0 saturated heterocycles. The summed E-state index contributed by atoms with van der Waals surface area (Å²) in [6, 6.07) is 6.01. The molecule has 0 radical (unpaired) electrons. The number of hydrogen-bond donors (Lipinski definition) is 1. The number of rotatable bonds is 2. The van der Waals surface area contributed by atoms with E-state index in [1.165, 1.54) is 19.1 Å². The summed E-state index contributed by atoms with van der Waals surface area (Å²) in [5, 5.41) is 0.645. The Balaban J connectivity index is 2.67. The SMILES string of the molecule is CC(=O)c1cc2cc(S(=O)(=O)Cl)ccc2[nH]1. The van der Waals surface area contributed by atoms with E-state index >= 15 is 0 Å². The van der Waals surface area contributed by atoms with Crippen molar-refractivity contribution in [2.45, 2.75) is 11.8 Å². The highest BCUT2D eigenvalue weighted by atomic mass is 35.7. The first-order chi connectivity index (χ1) is 7.38. The Morgan fingerprint density at radius 3 is 2.56 bits per heavy atom. The van der Waals surface area contributed by atoms with E-state index in [4.69, 9.17) is 10.7 Å². The topological polar surface area (TPSA) is 67.0 Å². The van der Waals surface area contributed by atoms with Gasteiger partial charge in [0, 0.05) is 28.5 Å². The first-order valence-corrected chi connectivity index (χ1v) is 6.77. The molecule has 0 amide bonds. The quantitative estimate of drug-likeness (QED) is 0.663. The Labute approximate surface area is 96.6 Å². The molecule has 0 saturated carbocycles. The third-order valence-electron chi connectivity index (χ3n) is 2.25. The standard InChI is InChI=1S/C10H8ClNO3S/c1-6(13)10-5-7-4-8(16(11,14)15)2-3-9(7)12-10/h2-5,12H,1H3. The summed E-state index contributed by atoms with van der Waals surface area (Å²) in [5.74, 6) is -0.105. The molecule has 16 heavy (non-hydrogen) atoms. The van der Waals surface area contributed by atoms with Crippen LogP contribution in [0.4, 0.5) is 0 Å². The third-order valence-corrected chi connectivity index (χ3v) is 3.60. The molecule has 0 unspecified atom stereocenters. The number of carbonyl (C=O) groups excluding carboxylic acids is 1. The lowest BCUT2D eigenvalue weighted by Gasteiger charge is -1.95. The zero-order valence-corrected chi connectivity index (χ0v) is 9.89. The average molecular weight is 258 g/mol. The van der Waals surface area contributed by atoms with E-state index in [1.807, 2.05) is 0 Å². The van der Waals surface area contributed by atoms with Crippen molar-refractivity contribution >= 4 is 36.4 Å².